The molecule has 0 bridgehead atoms. The molecule has 0 spiro atoms. The lowest BCUT2D eigenvalue weighted by atomic mass is 10.2. The molecular formula is C17H17FN4O3. The van der Waals surface area contributed by atoms with Gasteiger partial charge in [-0.25, -0.2) is 13.9 Å². The number of aromatic nitrogens is 4. The second-order valence-corrected chi connectivity index (χ2v) is 5.42. The minimum atomic E-state index is -0.613. The molecule has 1 aromatic carbocycles. The van der Waals surface area contributed by atoms with Crippen LogP contribution in [0.2, 0.25) is 0 Å². The number of carbonyl (C=O) groups is 1. The van der Waals surface area contributed by atoms with Crippen molar-refractivity contribution in [1.29, 1.82) is 0 Å². The molecule has 0 unspecified atom stereocenters. The fourth-order valence-corrected chi connectivity index (χ4v) is 2.23. The number of rotatable bonds is 7. The fraction of sp³-hybridized carbons (Fsp3) is 0.294. The zero-order valence-corrected chi connectivity index (χ0v) is 13.7. The van der Waals surface area contributed by atoms with Gasteiger partial charge >= 0.3 is 5.97 Å². The number of tetrazole rings is 1. The van der Waals surface area contributed by atoms with E-state index in [1.165, 1.54) is 18.2 Å². The average molecular weight is 344 g/mol. The molecule has 8 heteroatoms. The number of aryl methyl sites for hydroxylation is 1. The van der Waals surface area contributed by atoms with Gasteiger partial charge in [0.1, 0.15) is 11.6 Å². The van der Waals surface area contributed by atoms with Crippen LogP contribution in [0.4, 0.5) is 4.39 Å². The molecule has 0 amide bonds. The van der Waals surface area contributed by atoms with Crippen LogP contribution in [-0.4, -0.2) is 26.2 Å². The molecule has 2 heterocycles. The predicted octanol–water partition coefficient (Wildman–Crippen LogP) is 3.23. The van der Waals surface area contributed by atoms with Gasteiger partial charge in [0.2, 0.25) is 5.76 Å². The Morgan fingerprint density at radius 3 is 2.80 bits per heavy atom. The van der Waals surface area contributed by atoms with Crippen molar-refractivity contribution >= 4 is 5.97 Å². The van der Waals surface area contributed by atoms with Crippen LogP contribution in [0.3, 0.4) is 0 Å². The molecule has 0 saturated carbocycles. The van der Waals surface area contributed by atoms with E-state index in [0.29, 0.717) is 23.7 Å². The van der Waals surface area contributed by atoms with Crippen molar-refractivity contribution in [2.75, 3.05) is 0 Å². The Hall–Kier alpha value is -3.03. The predicted molar refractivity (Wildman–Crippen MR) is 85.9 cm³/mol. The van der Waals surface area contributed by atoms with Gasteiger partial charge in [-0.1, -0.05) is 13.3 Å². The van der Waals surface area contributed by atoms with E-state index in [2.05, 4.69) is 22.4 Å². The van der Waals surface area contributed by atoms with Gasteiger partial charge in [0.15, 0.2) is 12.4 Å². The summed E-state index contributed by atoms with van der Waals surface area (Å²) in [5.74, 6) is 0.0490. The molecule has 0 saturated heterocycles. The zero-order valence-electron chi connectivity index (χ0n) is 13.7. The van der Waals surface area contributed by atoms with E-state index in [9.17, 15) is 9.18 Å². The summed E-state index contributed by atoms with van der Waals surface area (Å²) >= 11 is 0. The van der Waals surface area contributed by atoms with E-state index in [0.717, 1.165) is 12.8 Å². The number of esters is 1. The molecule has 2 aromatic heterocycles. The quantitative estimate of drug-likeness (QED) is 0.612. The maximum atomic E-state index is 13.0. The standard InChI is InChI=1S/C17H17FN4O3/c1-2-3-10-22-16(19-20-21-22)11-24-17(23)15-9-8-14(25-15)12-4-6-13(18)7-5-12/h4-9H,2-3,10-11H2,1H3. The second-order valence-electron chi connectivity index (χ2n) is 5.42. The van der Waals surface area contributed by atoms with Crippen molar-refractivity contribution in [2.45, 2.75) is 32.9 Å². The largest absolute Gasteiger partial charge is 0.452 e. The number of furan rings is 1. The van der Waals surface area contributed by atoms with Crippen molar-refractivity contribution in [3.05, 3.63) is 53.8 Å². The van der Waals surface area contributed by atoms with Crippen molar-refractivity contribution in [1.82, 2.24) is 20.2 Å². The van der Waals surface area contributed by atoms with Crippen LogP contribution in [0.5, 0.6) is 0 Å². The van der Waals surface area contributed by atoms with E-state index < -0.39 is 5.97 Å². The van der Waals surface area contributed by atoms with Crippen LogP contribution in [0.1, 0.15) is 36.1 Å². The van der Waals surface area contributed by atoms with E-state index >= 15 is 0 Å². The number of ether oxygens (including phenoxy) is 1. The maximum Gasteiger partial charge on any atom is 0.374 e. The SMILES string of the molecule is CCCCn1nnnc1COC(=O)c1ccc(-c2ccc(F)cc2)o1. The molecule has 7 nitrogen and oxygen atoms in total. The van der Waals surface area contributed by atoms with Crippen molar-refractivity contribution in [3.63, 3.8) is 0 Å². The summed E-state index contributed by atoms with van der Waals surface area (Å²) in [4.78, 5) is 12.1. The van der Waals surface area contributed by atoms with Crippen LogP contribution in [-0.2, 0) is 17.9 Å². The summed E-state index contributed by atoms with van der Waals surface area (Å²) in [6.45, 7) is 2.70. The first-order chi connectivity index (χ1) is 12.2. The molecule has 0 fully saturated rings. The van der Waals surface area contributed by atoms with Crippen LogP contribution < -0.4 is 0 Å². The Balaban J connectivity index is 1.62. The molecule has 0 radical (unpaired) electrons. The van der Waals surface area contributed by atoms with Gasteiger partial charge in [0.05, 0.1) is 0 Å². The van der Waals surface area contributed by atoms with Crippen molar-refractivity contribution in [2.24, 2.45) is 0 Å². The molecule has 0 aliphatic rings. The molecule has 25 heavy (non-hydrogen) atoms. The lowest BCUT2D eigenvalue weighted by molar-refractivity contribution is 0.0421. The van der Waals surface area contributed by atoms with Crippen LogP contribution >= 0.6 is 0 Å². The summed E-state index contributed by atoms with van der Waals surface area (Å²) in [6.07, 6.45) is 1.95. The maximum absolute atomic E-state index is 13.0. The number of carbonyl (C=O) groups excluding carboxylic acids is 1. The number of unbranched alkanes of at least 4 members (excludes halogenated alkanes) is 1. The smallest absolute Gasteiger partial charge is 0.374 e. The Kier molecular flexibility index (Phi) is 5.17. The normalized spacial score (nSPS) is 10.8. The molecule has 0 N–H and O–H groups in total. The minimum Gasteiger partial charge on any atom is -0.452 e. The Bertz CT molecular complexity index is 842. The van der Waals surface area contributed by atoms with Gasteiger partial charge in [0, 0.05) is 12.1 Å². The number of nitrogens with zero attached hydrogens (tertiary/aromatic N) is 4. The zero-order chi connectivity index (χ0) is 17.6. The third-order valence-corrected chi connectivity index (χ3v) is 3.60. The van der Waals surface area contributed by atoms with Gasteiger partial charge in [-0.05, 0) is 53.2 Å². The monoisotopic (exact) mass is 344 g/mol. The summed E-state index contributed by atoms with van der Waals surface area (Å²) in [7, 11) is 0. The van der Waals surface area contributed by atoms with E-state index in [4.69, 9.17) is 9.15 Å². The third-order valence-electron chi connectivity index (χ3n) is 3.60. The summed E-state index contributed by atoms with van der Waals surface area (Å²) in [5, 5.41) is 11.3. The van der Waals surface area contributed by atoms with Gasteiger partial charge in [-0.2, -0.15) is 0 Å². The summed E-state index contributed by atoms with van der Waals surface area (Å²) in [6, 6.07) is 8.95. The average Bonchev–Trinajstić information content (AvgIpc) is 3.28. The molecule has 130 valence electrons. The number of halogens is 1. The molecule has 3 rings (SSSR count). The highest BCUT2D eigenvalue weighted by molar-refractivity contribution is 5.87. The highest BCUT2D eigenvalue weighted by Crippen LogP contribution is 2.23. The molecule has 0 aliphatic carbocycles. The van der Waals surface area contributed by atoms with Gasteiger partial charge < -0.3 is 9.15 Å². The van der Waals surface area contributed by atoms with E-state index in [1.54, 1.807) is 22.9 Å². The number of benzene rings is 1. The molecular weight excluding hydrogens is 327 g/mol. The van der Waals surface area contributed by atoms with E-state index in [-0.39, 0.29) is 18.2 Å². The second kappa shape index (κ2) is 7.69. The fourth-order valence-electron chi connectivity index (χ4n) is 2.23. The van der Waals surface area contributed by atoms with Gasteiger partial charge in [0.25, 0.3) is 0 Å². The first-order valence-electron chi connectivity index (χ1n) is 7.95. The Morgan fingerprint density at radius 1 is 1.24 bits per heavy atom. The lowest BCUT2D eigenvalue weighted by Gasteiger charge is -2.04. The topological polar surface area (TPSA) is 83.0 Å². The van der Waals surface area contributed by atoms with Crippen LogP contribution in [0, 0.1) is 5.82 Å². The van der Waals surface area contributed by atoms with Crippen LogP contribution in [0.25, 0.3) is 11.3 Å². The number of hydrogen-bond acceptors (Lipinski definition) is 6. The van der Waals surface area contributed by atoms with E-state index in [1.807, 2.05) is 0 Å². The summed E-state index contributed by atoms with van der Waals surface area (Å²) in [5.41, 5.74) is 0.670. The minimum absolute atomic E-state index is 0.0396. The lowest BCUT2D eigenvalue weighted by Crippen LogP contribution is -2.10. The Labute approximate surface area is 143 Å². The number of hydrogen-bond donors (Lipinski definition) is 0. The van der Waals surface area contributed by atoms with Crippen molar-refractivity contribution in [3.8, 4) is 11.3 Å². The highest BCUT2D eigenvalue weighted by Gasteiger charge is 2.16. The summed E-state index contributed by atoms with van der Waals surface area (Å²) < 4.78 is 25.3. The Morgan fingerprint density at radius 2 is 2.04 bits per heavy atom. The molecule has 0 atom stereocenters. The third kappa shape index (κ3) is 4.09. The highest BCUT2D eigenvalue weighted by atomic mass is 19.1. The van der Waals surface area contributed by atoms with Crippen LogP contribution in [0.15, 0.2) is 40.8 Å². The molecule has 3 aromatic rings. The molecule has 0 aliphatic heterocycles. The van der Waals surface area contributed by atoms with Crippen molar-refractivity contribution < 1.29 is 18.3 Å². The van der Waals surface area contributed by atoms with Gasteiger partial charge in [-0.3, -0.25) is 0 Å². The first-order valence-corrected chi connectivity index (χ1v) is 7.95. The first kappa shape index (κ1) is 16.8. The van der Waals surface area contributed by atoms with Gasteiger partial charge in [-0.15, -0.1) is 5.10 Å².